The molecule has 2 aromatic rings. The number of benzene rings is 1. The van der Waals surface area contributed by atoms with Gasteiger partial charge in [0.25, 0.3) is 0 Å². The molecule has 0 spiro atoms. The summed E-state index contributed by atoms with van der Waals surface area (Å²) in [4.78, 5) is 6.70. The van der Waals surface area contributed by atoms with E-state index in [1.54, 1.807) is 18.4 Å². The van der Waals surface area contributed by atoms with E-state index in [2.05, 4.69) is 49.5 Å². The number of hydrogen-bond donors (Lipinski definition) is 2. The van der Waals surface area contributed by atoms with Gasteiger partial charge in [0.05, 0.1) is 12.8 Å². The molecule has 3 rings (SSSR count). The molecule has 25 heavy (non-hydrogen) atoms. The number of ether oxygens (including phenoxy) is 1. The van der Waals surface area contributed by atoms with Crippen LogP contribution in [0.2, 0.25) is 0 Å². The number of aliphatic imine (C=N–C) groups is 1. The predicted octanol–water partition coefficient (Wildman–Crippen LogP) is 3.32. The molecule has 0 aliphatic carbocycles. The van der Waals surface area contributed by atoms with Crippen LogP contribution in [0, 0.1) is 0 Å². The number of nitrogens with zero attached hydrogens (tertiary/aromatic N) is 2. The third kappa shape index (κ3) is 5.24. The molecule has 0 bridgehead atoms. The van der Waals surface area contributed by atoms with Crippen molar-refractivity contribution in [3.8, 4) is 5.75 Å². The van der Waals surface area contributed by atoms with Crippen molar-refractivity contribution in [2.24, 2.45) is 4.99 Å². The van der Waals surface area contributed by atoms with Crippen LogP contribution in [-0.4, -0.2) is 39.2 Å². The minimum Gasteiger partial charge on any atom is -0.495 e. The van der Waals surface area contributed by atoms with Gasteiger partial charge in [0.15, 0.2) is 5.96 Å². The fraction of sp³-hybridized carbons (Fsp3) is 0.389. The number of nitrogens with one attached hydrogen (secondary N) is 2. The molecule has 136 valence electrons. The second-order valence-electron chi connectivity index (χ2n) is 5.81. The maximum Gasteiger partial charge on any atom is 0.191 e. The summed E-state index contributed by atoms with van der Waals surface area (Å²) >= 11 is 1.71. The Kier molecular flexibility index (Phi) is 7.83. The molecule has 0 radical (unpaired) electrons. The van der Waals surface area contributed by atoms with Crippen LogP contribution in [0.3, 0.4) is 0 Å². The summed E-state index contributed by atoms with van der Waals surface area (Å²) in [5, 5.41) is 11.1. The van der Waals surface area contributed by atoms with Crippen molar-refractivity contribution in [2.75, 3.05) is 32.1 Å². The molecule has 1 saturated heterocycles. The highest BCUT2D eigenvalue weighted by atomic mass is 127. The van der Waals surface area contributed by atoms with Gasteiger partial charge in [-0.1, -0.05) is 12.1 Å². The summed E-state index contributed by atoms with van der Waals surface area (Å²) in [6.07, 6.45) is 1.08. The lowest BCUT2D eigenvalue weighted by Crippen LogP contribution is -2.44. The van der Waals surface area contributed by atoms with E-state index >= 15 is 0 Å². The van der Waals surface area contributed by atoms with E-state index in [0.717, 1.165) is 43.5 Å². The predicted molar refractivity (Wildman–Crippen MR) is 117 cm³/mol. The minimum absolute atomic E-state index is 0. The van der Waals surface area contributed by atoms with Crippen LogP contribution in [0.25, 0.3) is 0 Å². The van der Waals surface area contributed by atoms with Crippen LogP contribution in [0.4, 0.5) is 5.69 Å². The highest BCUT2D eigenvalue weighted by Crippen LogP contribution is 2.30. The summed E-state index contributed by atoms with van der Waals surface area (Å²) in [5.74, 6) is 1.78. The van der Waals surface area contributed by atoms with Crippen molar-refractivity contribution >= 4 is 47.0 Å². The lowest BCUT2D eigenvalue weighted by molar-refractivity contribution is 0.415. The molecule has 0 saturated carbocycles. The van der Waals surface area contributed by atoms with Crippen molar-refractivity contribution in [2.45, 2.75) is 19.0 Å². The summed E-state index contributed by atoms with van der Waals surface area (Å²) in [6.45, 7) is 2.76. The van der Waals surface area contributed by atoms with Crippen LogP contribution in [0.5, 0.6) is 5.75 Å². The largest absolute Gasteiger partial charge is 0.495 e. The number of para-hydroxylation sites is 2. The van der Waals surface area contributed by atoms with Crippen LogP contribution in [0.1, 0.15) is 12.0 Å². The van der Waals surface area contributed by atoms with Gasteiger partial charge in [-0.25, -0.2) is 0 Å². The number of halogens is 1. The molecule has 1 aliphatic heterocycles. The Morgan fingerprint density at radius 1 is 1.36 bits per heavy atom. The number of guanidine groups is 1. The van der Waals surface area contributed by atoms with Gasteiger partial charge in [-0.15, -0.1) is 24.0 Å². The molecular formula is C18H25IN4OS. The molecular weight excluding hydrogens is 447 g/mol. The SMILES string of the molecule is CN=C(NCc1ccsc1)NC1CCN(c2ccccc2OC)C1.I. The standard InChI is InChI=1S/C18H24N4OS.HI/c1-19-18(20-11-14-8-10-24-13-14)21-15-7-9-22(12-15)16-5-3-4-6-17(16)23-2;/h3-6,8,10,13,15H,7,9,11-12H2,1-2H3,(H2,19,20,21);1H. The molecule has 1 atom stereocenters. The third-order valence-corrected chi connectivity index (χ3v) is 4.95. The first-order valence-corrected chi connectivity index (χ1v) is 9.10. The Hall–Kier alpha value is -1.48. The summed E-state index contributed by atoms with van der Waals surface area (Å²) < 4.78 is 5.48. The molecule has 5 nitrogen and oxygen atoms in total. The Morgan fingerprint density at radius 2 is 2.20 bits per heavy atom. The van der Waals surface area contributed by atoms with Crippen molar-refractivity contribution in [3.63, 3.8) is 0 Å². The minimum atomic E-state index is 0. The number of methoxy groups -OCH3 is 1. The van der Waals surface area contributed by atoms with E-state index in [0.29, 0.717) is 6.04 Å². The fourth-order valence-corrected chi connectivity index (χ4v) is 3.62. The average molecular weight is 472 g/mol. The summed E-state index contributed by atoms with van der Waals surface area (Å²) in [5.41, 5.74) is 2.44. The lowest BCUT2D eigenvalue weighted by Gasteiger charge is -2.22. The first kappa shape index (κ1) is 19.8. The highest BCUT2D eigenvalue weighted by Gasteiger charge is 2.25. The Balaban J connectivity index is 0.00000225. The zero-order valence-corrected chi connectivity index (χ0v) is 17.7. The van der Waals surface area contributed by atoms with E-state index in [1.165, 1.54) is 5.56 Å². The monoisotopic (exact) mass is 472 g/mol. The number of hydrogen-bond acceptors (Lipinski definition) is 4. The Labute approximate surface area is 170 Å². The maximum atomic E-state index is 5.48. The third-order valence-electron chi connectivity index (χ3n) is 4.22. The van der Waals surface area contributed by atoms with Gasteiger partial charge in [0.1, 0.15) is 5.75 Å². The quantitative estimate of drug-likeness (QED) is 0.399. The van der Waals surface area contributed by atoms with E-state index in [9.17, 15) is 0 Å². The Bertz CT molecular complexity index is 677. The second kappa shape index (κ2) is 9.86. The van der Waals surface area contributed by atoms with E-state index < -0.39 is 0 Å². The fourth-order valence-electron chi connectivity index (χ4n) is 2.95. The molecule has 7 heteroatoms. The van der Waals surface area contributed by atoms with Crippen molar-refractivity contribution in [3.05, 3.63) is 46.7 Å². The highest BCUT2D eigenvalue weighted by molar-refractivity contribution is 14.0. The normalized spacial score (nSPS) is 17.1. The van der Waals surface area contributed by atoms with Crippen LogP contribution in [-0.2, 0) is 6.54 Å². The molecule has 0 amide bonds. The summed E-state index contributed by atoms with van der Waals surface area (Å²) in [6, 6.07) is 10.7. The lowest BCUT2D eigenvalue weighted by atomic mass is 10.2. The average Bonchev–Trinajstić information content (AvgIpc) is 3.30. The molecule has 1 unspecified atom stereocenters. The van der Waals surface area contributed by atoms with E-state index in [-0.39, 0.29) is 24.0 Å². The second-order valence-corrected chi connectivity index (χ2v) is 6.59. The van der Waals surface area contributed by atoms with Crippen LogP contribution >= 0.6 is 35.3 Å². The number of thiophene rings is 1. The smallest absolute Gasteiger partial charge is 0.191 e. The zero-order valence-electron chi connectivity index (χ0n) is 14.6. The maximum absolute atomic E-state index is 5.48. The Morgan fingerprint density at radius 3 is 2.92 bits per heavy atom. The van der Waals surface area contributed by atoms with Crippen LogP contribution < -0.4 is 20.3 Å². The molecule has 1 aromatic heterocycles. The van der Waals surface area contributed by atoms with Gasteiger partial charge in [-0.05, 0) is 40.9 Å². The zero-order chi connectivity index (χ0) is 16.8. The van der Waals surface area contributed by atoms with E-state index in [4.69, 9.17) is 4.74 Å². The molecule has 1 fully saturated rings. The van der Waals surface area contributed by atoms with Gasteiger partial charge in [-0.2, -0.15) is 11.3 Å². The molecule has 2 N–H and O–H groups in total. The van der Waals surface area contributed by atoms with Crippen LogP contribution in [0.15, 0.2) is 46.1 Å². The molecule has 1 aliphatic rings. The van der Waals surface area contributed by atoms with Crippen molar-refractivity contribution < 1.29 is 4.74 Å². The van der Waals surface area contributed by atoms with Gasteiger partial charge < -0.3 is 20.3 Å². The van der Waals surface area contributed by atoms with E-state index in [1.807, 2.05) is 19.2 Å². The number of rotatable bonds is 5. The first-order valence-electron chi connectivity index (χ1n) is 8.16. The van der Waals surface area contributed by atoms with Gasteiger partial charge >= 0.3 is 0 Å². The summed E-state index contributed by atoms with van der Waals surface area (Å²) in [7, 11) is 3.54. The number of anilines is 1. The molecule has 2 heterocycles. The van der Waals surface area contributed by atoms with Crippen molar-refractivity contribution in [1.29, 1.82) is 0 Å². The topological polar surface area (TPSA) is 48.9 Å². The van der Waals surface area contributed by atoms with Gasteiger partial charge in [0, 0.05) is 32.7 Å². The van der Waals surface area contributed by atoms with Gasteiger partial charge in [0.2, 0.25) is 0 Å². The molecule has 1 aromatic carbocycles. The van der Waals surface area contributed by atoms with Crippen molar-refractivity contribution in [1.82, 2.24) is 10.6 Å². The first-order chi connectivity index (χ1) is 11.8. The van der Waals surface area contributed by atoms with Gasteiger partial charge in [-0.3, -0.25) is 4.99 Å².